The van der Waals surface area contributed by atoms with Gasteiger partial charge in [0, 0.05) is 0 Å². The molecule has 0 nitrogen and oxygen atoms in total. The van der Waals surface area contributed by atoms with Crippen LogP contribution in [0.3, 0.4) is 0 Å². The van der Waals surface area contributed by atoms with E-state index >= 15 is 0 Å². The van der Waals surface area contributed by atoms with Crippen molar-refractivity contribution in [2.45, 2.75) is 16.9 Å². The standard InChI is InChI=1S/3CH3.ClH.H4Si.V/h3*1H3;1H;1H4;/q;;;;;+1/p-1. The largest absolute Gasteiger partial charge is 0.0149 e. The zero-order valence-corrected chi connectivity index (χ0v) is 5.98. The molecular formula is C3H13ClSiV. The molecule has 0 fully saturated rings. The van der Waals surface area contributed by atoms with E-state index in [0.717, 1.165) is 0 Å². The maximum atomic E-state index is 5.70. The molecule has 3 heteroatoms. The van der Waals surface area contributed by atoms with Gasteiger partial charge in [0.1, 0.15) is 0 Å². The van der Waals surface area contributed by atoms with Crippen LogP contribution in [0, 0.1) is 0 Å². The van der Waals surface area contributed by atoms with Crippen LogP contribution in [0.15, 0.2) is 0 Å². The molecule has 0 bridgehead atoms. The first-order valence-electron chi connectivity index (χ1n) is 1.51. The summed E-state index contributed by atoms with van der Waals surface area (Å²) in [5.41, 5.74) is 6.37. The maximum absolute atomic E-state index is 5.70. The third-order valence-corrected chi connectivity index (χ3v) is 0. The van der Waals surface area contributed by atoms with E-state index in [1.54, 1.807) is 0 Å². The van der Waals surface area contributed by atoms with Crippen molar-refractivity contribution in [1.29, 1.82) is 0 Å². The van der Waals surface area contributed by atoms with Gasteiger partial charge in [-0.1, -0.05) is 0 Å². The van der Waals surface area contributed by atoms with Crippen molar-refractivity contribution in [3.63, 3.8) is 0 Å². The SMILES string of the molecule is [CH3][V]([CH3])([CH3])[Cl].[SiH4]. The van der Waals surface area contributed by atoms with E-state index in [1.165, 1.54) is 0 Å². The van der Waals surface area contributed by atoms with Crippen molar-refractivity contribution in [2.75, 3.05) is 0 Å². The van der Waals surface area contributed by atoms with Crippen molar-refractivity contribution in [2.24, 2.45) is 0 Å². The van der Waals surface area contributed by atoms with Gasteiger partial charge < -0.3 is 0 Å². The topological polar surface area (TPSA) is 0 Å². The van der Waals surface area contributed by atoms with Crippen LogP contribution in [0.5, 0.6) is 0 Å². The van der Waals surface area contributed by atoms with E-state index in [1.807, 2.05) is 0 Å². The molecule has 0 atom stereocenters. The van der Waals surface area contributed by atoms with Crippen LogP contribution in [0.25, 0.3) is 0 Å². The second-order valence-electron chi connectivity index (χ2n) is 1.85. The predicted molar refractivity (Wildman–Crippen MR) is 34.8 cm³/mol. The van der Waals surface area contributed by atoms with E-state index < -0.39 is 13.1 Å². The zero-order valence-electron chi connectivity index (χ0n) is 3.83. The average Bonchev–Trinajstić information content (AvgIpc) is 0.722. The van der Waals surface area contributed by atoms with Gasteiger partial charge in [-0.2, -0.15) is 0 Å². The number of hydrogen-bond acceptors (Lipinski definition) is 0. The average molecular weight is 164 g/mol. The monoisotopic (exact) mass is 163 g/mol. The Morgan fingerprint density at radius 2 is 1.17 bits per heavy atom. The van der Waals surface area contributed by atoms with Crippen LogP contribution in [0.2, 0.25) is 16.9 Å². The zero-order chi connectivity index (χ0) is 4.50. The fourth-order valence-corrected chi connectivity index (χ4v) is 0. The molecule has 0 aliphatic heterocycles. The fraction of sp³-hybridized carbons (Fsp3) is 1.00. The van der Waals surface area contributed by atoms with E-state index in [9.17, 15) is 0 Å². The number of rotatable bonds is 0. The van der Waals surface area contributed by atoms with Gasteiger partial charge in [0.25, 0.3) is 0 Å². The first-order valence-corrected chi connectivity index (χ1v) is 7.62. The van der Waals surface area contributed by atoms with Crippen molar-refractivity contribution in [3.05, 3.63) is 0 Å². The van der Waals surface area contributed by atoms with Gasteiger partial charge in [-0.15, -0.1) is 0 Å². The summed E-state index contributed by atoms with van der Waals surface area (Å²) >= 11 is -1.40. The molecular weight excluding hydrogens is 151 g/mol. The third kappa shape index (κ3) is 71.6. The van der Waals surface area contributed by atoms with Crippen LogP contribution < -0.4 is 0 Å². The summed E-state index contributed by atoms with van der Waals surface area (Å²) in [5.74, 6) is 0. The maximum Gasteiger partial charge on any atom is -0.0149 e. The molecule has 0 aromatic rings. The summed E-state index contributed by atoms with van der Waals surface area (Å²) in [7, 11) is 5.70. The van der Waals surface area contributed by atoms with E-state index in [4.69, 9.17) is 9.85 Å². The molecule has 0 radical (unpaired) electrons. The van der Waals surface area contributed by atoms with Crippen molar-refractivity contribution in [1.82, 2.24) is 0 Å². The smallest absolute Gasteiger partial charge is 0.0149 e. The quantitative estimate of drug-likeness (QED) is 0.468. The minimum atomic E-state index is -1.40. The Bertz CT molecular complexity index is 26.3. The van der Waals surface area contributed by atoms with Crippen molar-refractivity contribution in [3.8, 4) is 0 Å². The molecule has 0 spiro atoms. The van der Waals surface area contributed by atoms with Crippen molar-refractivity contribution < 1.29 is 13.1 Å². The molecule has 0 amide bonds. The molecule has 0 rings (SSSR count). The molecule has 0 unspecified atom stereocenters. The molecule has 0 aromatic carbocycles. The van der Waals surface area contributed by atoms with Crippen LogP contribution in [0.1, 0.15) is 0 Å². The van der Waals surface area contributed by atoms with Gasteiger partial charge in [0.15, 0.2) is 0 Å². The van der Waals surface area contributed by atoms with Crippen LogP contribution >= 0.6 is 9.85 Å². The fourth-order valence-electron chi connectivity index (χ4n) is 0. The summed E-state index contributed by atoms with van der Waals surface area (Å²) in [6, 6.07) is 0. The molecule has 0 N–H and O–H groups in total. The molecule has 6 heavy (non-hydrogen) atoms. The van der Waals surface area contributed by atoms with Gasteiger partial charge in [-0.25, -0.2) is 0 Å². The second kappa shape index (κ2) is 3.14. The Balaban J connectivity index is 0. The van der Waals surface area contributed by atoms with E-state index in [-0.39, 0.29) is 11.0 Å². The van der Waals surface area contributed by atoms with Gasteiger partial charge >= 0.3 is 39.8 Å². The number of halogens is 1. The number of hydrogen-bond donors (Lipinski definition) is 0. The predicted octanol–water partition coefficient (Wildman–Crippen LogP) is 0.987. The Hall–Kier alpha value is 1.09. The van der Waals surface area contributed by atoms with Gasteiger partial charge in [0.2, 0.25) is 0 Å². The van der Waals surface area contributed by atoms with Crippen molar-refractivity contribution >= 4 is 20.8 Å². The van der Waals surface area contributed by atoms with Gasteiger partial charge in [0.05, 0.1) is 0 Å². The molecule has 41 valence electrons. The first-order chi connectivity index (χ1) is 2.00. The third-order valence-electron chi connectivity index (χ3n) is 0. The molecule has 0 saturated heterocycles. The Morgan fingerprint density at radius 1 is 1.17 bits per heavy atom. The Kier molecular flexibility index (Phi) is 5.31. The summed E-state index contributed by atoms with van der Waals surface area (Å²) in [6.45, 7) is 0. The van der Waals surface area contributed by atoms with Gasteiger partial charge in [-0.05, 0) is 11.0 Å². The Morgan fingerprint density at radius 3 is 1.17 bits per heavy atom. The van der Waals surface area contributed by atoms with Gasteiger partial charge in [-0.3, -0.25) is 0 Å². The minimum Gasteiger partial charge on any atom is -0.0149 e. The summed E-state index contributed by atoms with van der Waals surface area (Å²) < 4.78 is 0. The normalized spacial score (nSPS) is 10.0. The Labute approximate surface area is 51.0 Å². The first kappa shape index (κ1) is 10.2. The van der Waals surface area contributed by atoms with Crippen LogP contribution in [-0.2, 0) is 13.1 Å². The molecule has 0 aromatic heterocycles. The van der Waals surface area contributed by atoms with Crippen LogP contribution in [0.4, 0.5) is 0 Å². The van der Waals surface area contributed by atoms with Crippen LogP contribution in [-0.4, -0.2) is 11.0 Å². The molecule has 0 aliphatic carbocycles. The minimum absolute atomic E-state index is 0. The van der Waals surface area contributed by atoms with E-state index in [2.05, 4.69) is 16.9 Å². The molecule has 0 heterocycles. The molecule has 0 aliphatic rings. The second-order valence-corrected chi connectivity index (χ2v) is 11.8. The van der Waals surface area contributed by atoms with E-state index in [0.29, 0.717) is 0 Å². The summed E-state index contributed by atoms with van der Waals surface area (Å²) in [4.78, 5) is 0. The molecule has 0 saturated carbocycles. The summed E-state index contributed by atoms with van der Waals surface area (Å²) in [6.07, 6.45) is 0. The summed E-state index contributed by atoms with van der Waals surface area (Å²) in [5, 5.41) is 0.